The second-order valence-electron chi connectivity index (χ2n) is 4.15. The van der Waals surface area contributed by atoms with Gasteiger partial charge in [-0.1, -0.05) is 23.7 Å². The molecule has 0 saturated heterocycles. The maximum Gasteiger partial charge on any atom is 0.244 e. The zero-order valence-electron chi connectivity index (χ0n) is 10.4. The van der Waals surface area contributed by atoms with E-state index in [9.17, 15) is 4.79 Å². The maximum atomic E-state index is 11.7. The number of aromatic nitrogens is 2. The van der Waals surface area contributed by atoms with Gasteiger partial charge in [-0.2, -0.15) is 5.10 Å². The highest BCUT2D eigenvalue weighted by Crippen LogP contribution is 2.12. The number of aromatic amines is 1. The molecule has 1 heterocycles. The van der Waals surface area contributed by atoms with Gasteiger partial charge in [0, 0.05) is 22.9 Å². The molecule has 98 valence electrons. The number of rotatable bonds is 4. The SMILES string of the molecule is CC(NC(=O)/C=C/c1cccc(Cl)c1)c1cn[nH]c1. The Balaban J connectivity index is 1.94. The van der Waals surface area contributed by atoms with Crippen molar-refractivity contribution in [3.63, 3.8) is 0 Å². The van der Waals surface area contributed by atoms with Crippen LogP contribution >= 0.6 is 11.6 Å². The fourth-order valence-corrected chi connectivity index (χ4v) is 1.82. The number of carbonyl (C=O) groups is 1. The molecule has 0 radical (unpaired) electrons. The lowest BCUT2D eigenvalue weighted by Crippen LogP contribution is -2.24. The van der Waals surface area contributed by atoms with Crippen molar-refractivity contribution in [2.45, 2.75) is 13.0 Å². The summed E-state index contributed by atoms with van der Waals surface area (Å²) < 4.78 is 0. The van der Waals surface area contributed by atoms with Gasteiger partial charge in [0.2, 0.25) is 5.91 Å². The van der Waals surface area contributed by atoms with Crippen molar-refractivity contribution in [2.75, 3.05) is 0 Å². The quantitative estimate of drug-likeness (QED) is 0.843. The predicted molar refractivity (Wildman–Crippen MR) is 75.6 cm³/mol. The lowest BCUT2D eigenvalue weighted by atomic mass is 10.2. The molecule has 19 heavy (non-hydrogen) atoms. The average Bonchev–Trinajstić information content (AvgIpc) is 2.90. The Labute approximate surface area is 116 Å². The van der Waals surface area contributed by atoms with E-state index in [1.165, 1.54) is 6.08 Å². The van der Waals surface area contributed by atoms with Crippen LogP contribution in [0.1, 0.15) is 24.1 Å². The largest absolute Gasteiger partial charge is 0.346 e. The number of H-pyrrole nitrogens is 1. The summed E-state index contributed by atoms with van der Waals surface area (Å²) in [6, 6.07) is 7.23. The van der Waals surface area contributed by atoms with Crippen molar-refractivity contribution in [3.8, 4) is 0 Å². The standard InChI is InChI=1S/C14H14ClN3O/c1-10(12-8-16-17-9-12)18-14(19)6-5-11-3-2-4-13(15)7-11/h2-10H,1H3,(H,16,17)(H,18,19)/b6-5+. The Bertz CT molecular complexity index is 578. The summed E-state index contributed by atoms with van der Waals surface area (Å²) in [5, 5.41) is 10.1. The Morgan fingerprint density at radius 3 is 3.05 bits per heavy atom. The first-order valence-corrected chi connectivity index (χ1v) is 6.26. The number of halogens is 1. The molecule has 0 saturated carbocycles. The number of hydrogen-bond donors (Lipinski definition) is 2. The van der Waals surface area contributed by atoms with Crippen LogP contribution < -0.4 is 5.32 Å². The van der Waals surface area contributed by atoms with Crippen LogP contribution in [-0.2, 0) is 4.79 Å². The van der Waals surface area contributed by atoms with E-state index < -0.39 is 0 Å². The number of carbonyl (C=O) groups excluding carboxylic acids is 1. The molecule has 0 bridgehead atoms. The van der Waals surface area contributed by atoms with E-state index in [-0.39, 0.29) is 11.9 Å². The molecule has 2 N–H and O–H groups in total. The van der Waals surface area contributed by atoms with Crippen LogP contribution in [0.3, 0.4) is 0 Å². The van der Waals surface area contributed by atoms with Gasteiger partial charge in [0.05, 0.1) is 12.2 Å². The molecule has 1 aromatic heterocycles. The van der Waals surface area contributed by atoms with Gasteiger partial charge in [0.1, 0.15) is 0 Å². The second kappa shape index (κ2) is 6.20. The van der Waals surface area contributed by atoms with Gasteiger partial charge in [-0.05, 0) is 30.7 Å². The first-order chi connectivity index (χ1) is 9.15. The van der Waals surface area contributed by atoms with Crippen LogP contribution in [0.2, 0.25) is 5.02 Å². The third kappa shape index (κ3) is 3.96. The molecule has 2 aromatic rings. The molecule has 1 atom stereocenters. The van der Waals surface area contributed by atoms with Crippen LogP contribution in [0.25, 0.3) is 6.08 Å². The molecule has 0 fully saturated rings. The molecular weight excluding hydrogens is 262 g/mol. The van der Waals surface area contributed by atoms with Gasteiger partial charge >= 0.3 is 0 Å². The van der Waals surface area contributed by atoms with Crippen molar-refractivity contribution in [2.24, 2.45) is 0 Å². The number of nitrogens with one attached hydrogen (secondary N) is 2. The summed E-state index contributed by atoms with van der Waals surface area (Å²) in [5.74, 6) is -0.159. The Hall–Kier alpha value is -2.07. The van der Waals surface area contributed by atoms with Crippen molar-refractivity contribution in [1.82, 2.24) is 15.5 Å². The van der Waals surface area contributed by atoms with E-state index in [0.29, 0.717) is 5.02 Å². The van der Waals surface area contributed by atoms with Crippen molar-refractivity contribution < 1.29 is 4.79 Å². The van der Waals surface area contributed by atoms with E-state index >= 15 is 0 Å². The smallest absolute Gasteiger partial charge is 0.244 e. The third-order valence-electron chi connectivity index (χ3n) is 2.65. The van der Waals surface area contributed by atoms with Crippen LogP contribution in [0, 0.1) is 0 Å². The third-order valence-corrected chi connectivity index (χ3v) is 2.89. The molecule has 0 aliphatic heterocycles. The molecule has 1 aromatic carbocycles. The summed E-state index contributed by atoms with van der Waals surface area (Å²) >= 11 is 5.87. The number of amides is 1. The van der Waals surface area contributed by atoms with Gasteiger partial charge in [0.15, 0.2) is 0 Å². The second-order valence-corrected chi connectivity index (χ2v) is 4.59. The number of hydrogen-bond acceptors (Lipinski definition) is 2. The number of benzene rings is 1. The topological polar surface area (TPSA) is 57.8 Å². The summed E-state index contributed by atoms with van der Waals surface area (Å²) in [5.41, 5.74) is 1.82. The van der Waals surface area contributed by atoms with E-state index in [4.69, 9.17) is 11.6 Å². The van der Waals surface area contributed by atoms with Gasteiger partial charge in [-0.15, -0.1) is 0 Å². The highest BCUT2D eigenvalue weighted by molar-refractivity contribution is 6.30. The zero-order chi connectivity index (χ0) is 13.7. The van der Waals surface area contributed by atoms with Crippen LogP contribution in [0.15, 0.2) is 42.7 Å². The molecule has 5 heteroatoms. The lowest BCUT2D eigenvalue weighted by molar-refractivity contribution is -0.117. The monoisotopic (exact) mass is 275 g/mol. The highest BCUT2D eigenvalue weighted by atomic mass is 35.5. The fraction of sp³-hybridized carbons (Fsp3) is 0.143. The summed E-state index contributed by atoms with van der Waals surface area (Å²) in [6.07, 6.45) is 6.66. The minimum absolute atomic E-state index is 0.0877. The molecule has 1 amide bonds. The minimum Gasteiger partial charge on any atom is -0.346 e. The van der Waals surface area contributed by atoms with E-state index in [1.807, 2.05) is 19.1 Å². The van der Waals surface area contributed by atoms with Crippen molar-refractivity contribution in [3.05, 3.63) is 58.9 Å². The minimum atomic E-state index is -0.159. The predicted octanol–water partition coefficient (Wildman–Crippen LogP) is 2.95. The molecule has 4 nitrogen and oxygen atoms in total. The van der Waals surface area contributed by atoms with Crippen molar-refractivity contribution >= 4 is 23.6 Å². The molecule has 0 aliphatic carbocycles. The first-order valence-electron chi connectivity index (χ1n) is 5.88. The molecule has 2 rings (SSSR count). The van der Waals surface area contributed by atoms with E-state index in [2.05, 4.69) is 15.5 Å². The van der Waals surface area contributed by atoms with Gasteiger partial charge in [-0.3, -0.25) is 9.89 Å². The van der Waals surface area contributed by atoms with Crippen LogP contribution in [-0.4, -0.2) is 16.1 Å². The normalized spacial score (nSPS) is 12.5. The number of nitrogens with zero attached hydrogens (tertiary/aromatic N) is 1. The maximum absolute atomic E-state index is 11.7. The summed E-state index contributed by atoms with van der Waals surface area (Å²) in [7, 11) is 0. The van der Waals surface area contributed by atoms with E-state index in [0.717, 1.165) is 11.1 Å². The Morgan fingerprint density at radius 1 is 1.53 bits per heavy atom. The summed E-state index contributed by atoms with van der Waals surface area (Å²) in [6.45, 7) is 1.90. The fourth-order valence-electron chi connectivity index (χ4n) is 1.62. The van der Waals surface area contributed by atoms with Crippen LogP contribution in [0.5, 0.6) is 0 Å². The lowest BCUT2D eigenvalue weighted by Gasteiger charge is -2.09. The van der Waals surface area contributed by atoms with Crippen LogP contribution in [0.4, 0.5) is 0 Å². The zero-order valence-corrected chi connectivity index (χ0v) is 11.2. The first kappa shape index (κ1) is 13.4. The van der Waals surface area contributed by atoms with Gasteiger partial charge in [-0.25, -0.2) is 0 Å². The van der Waals surface area contributed by atoms with E-state index in [1.54, 1.807) is 30.6 Å². The molecule has 1 unspecified atom stereocenters. The molecule has 0 aliphatic rings. The van der Waals surface area contributed by atoms with Gasteiger partial charge < -0.3 is 5.32 Å². The highest BCUT2D eigenvalue weighted by Gasteiger charge is 2.07. The Kier molecular flexibility index (Phi) is 4.36. The summed E-state index contributed by atoms with van der Waals surface area (Å²) in [4.78, 5) is 11.7. The average molecular weight is 276 g/mol. The van der Waals surface area contributed by atoms with Crippen molar-refractivity contribution in [1.29, 1.82) is 0 Å². The Morgan fingerprint density at radius 2 is 2.37 bits per heavy atom. The van der Waals surface area contributed by atoms with Gasteiger partial charge in [0.25, 0.3) is 0 Å². The molecular formula is C14H14ClN3O. The molecule has 0 spiro atoms.